The van der Waals surface area contributed by atoms with Crippen LogP contribution in [0.25, 0.3) is 0 Å². The van der Waals surface area contributed by atoms with Crippen LogP contribution in [0.2, 0.25) is 0 Å². The lowest BCUT2D eigenvalue weighted by Crippen LogP contribution is -2.17. The number of nitrogen functional groups attached to an aromatic ring is 1. The van der Waals surface area contributed by atoms with Crippen LogP contribution in [-0.2, 0) is 9.53 Å². The molecule has 4 nitrogen and oxygen atoms in total. The molecule has 0 aliphatic rings. The number of alkyl halides is 2. The van der Waals surface area contributed by atoms with Crippen LogP contribution in [0.5, 0.6) is 5.75 Å². The summed E-state index contributed by atoms with van der Waals surface area (Å²) >= 11 is 0. The summed E-state index contributed by atoms with van der Waals surface area (Å²) in [7, 11) is 0. The van der Waals surface area contributed by atoms with Crippen molar-refractivity contribution in [3.63, 3.8) is 0 Å². The topological polar surface area (TPSA) is 61.5 Å². The first kappa shape index (κ1) is 11.2. The highest BCUT2D eigenvalue weighted by atomic mass is 19.3. The fraction of sp³-hybridized carbons (Fsp3) is 0.222. The van der Waals surface area contributed by atoms with E-state index in [1.807, 2.05) is 0 Å². The van der Waals surface area contributed by atoms with Crippen molar-refractivity contribution in [3.05, 3.63) is 24.3 Å². The number of carbonyl (C=O) groups excluding carboxylic acids is 1. The van der Waals surface area contributed by atoms with E-state index >= 15 is 0 Å². The van der Waals surface area contributed by atoms with Gasteiger partial charge in [0.1, 0.15) is 5.75 Å². The first-order valence-electron chi connectivity index (χ1n) is 4.04. The van der Waals surface area contributed by atoms with E-state index in [2.05, 4.69) is 4.74 Å². The molecule has 0 bridgehead atoms. The van der Waals surface area contributed by atoms with Crippen LogP contribution in [0.1, 0.15) is 0 Å². The number of carbonyl (C=O) groups is 1. The smallest absolute Gasteiger partial charge is 0.389 e. The van der Waals surface area contributed by atoms with Gasteiger partial charge in [-0.15, -0.1) is 0 Å². The second-order valence-corrected chi connectivity index (χ2v) is 2.61. The van der Waals surface area contributed by atoms with E-state index < -0.39 is 19.2 Å². The zero-order chi connectivity index (χ0) is 11.3. The highest BCUT2D eigenvalue weighted by Crippen LogP contribution is 2.12. The minimum atomic E-state index is -3.12. The highest BCUT2D eigenvalue weighted by Gasteiger charge is 2.10. The van der Waals surface area contributed by atoms with E-state index in [1.165, 1.54) is 12.1 Å². The van der Waals surface area contributed by atoms with Crippen LogP contribution in [0.15, 0.2) is 24.3 Å². The molecule has 2 N–H and O–H groups in total. The second-order valence-electron chi connectivity index (χ2n) is 2.61. The molecule has 1 rings (SSSR count). The number of hydrogen-bond acceptors (Lipinski definition) is 4. The summed E-state index contributed by atoms with van der Waals surface area (Å²) in [6.45, 7) is -3.68. The summed E-state index contributed by atoms with van der Waals surface area (Å²) in [4.78, 5) is 10.6. The molecule has 0 fully saturated rings. The fourth-order valence-corrected chi connectivity index (χ4v) is 0.840. The summed E-state index contributed by atoms with van der Waals surface area (Å²) in [5.41, 5.74) is 5.94. The lowest BCUT2D eigenvalue weighted by molar-refractivity contribution is -0.178. The van der Waals surface area contributed by atoms with Crippen molar-refractivity contribution < 1.29 is 23.0 Å². The van der Waals surface area contributed by atoms with E-state index in [4.69, 9.17) is 10.5 Å². The number of hydrogen-bond donors (Lipinski definition) is 1. The fourth-order valence-electron chi connectivity index (χ4n) is 0.840. The lowest BCUT2D eigenvalue weighted by Gasteiger charge is -2.05. The average molecular weight is 217 g/mol. The predicted octanol–water partition coefficient (Wildman–Crippen LogP) is 1.41. The Kier molecular flexibility index (Phi) is 3.84. The Balaban J connectivity index is 2.37. The zero-order valence-electron chi connectivity index (χ0n) is 7.65. The quantitative estimate of drug-likeness (QED) is 0.611. The zero-order valence-corrected chi connectivity index (χ0v) is 7.65. The maximum atomic E-state index is 11.5. The Morgan fingerprint density at radius 2 is 1.93 bits per heavy atom. The molecule has 0 radical (unpaired) electrons. The second kappa shape index (κ2) is 5.14. The number of benzene rings is 1. The highest BCUT2D eigenvalue weighted by molar-refractivity contribution is 5.71. The summed E-state index contributed by atoms with van der Waals surface area (Å²) in [6.07, 6.45) is 0. The molecule has 15 heavy (non-hydrogen) atoms. The van der Waals surface area contributed by atoms with Gasteiger partial charge >= 0.3 is 12.6 Å². The Morgan fingerprint density at radius 3 is 2.47 bits per heavy atom. The molecule has 0 unspecified atom stereocenters. The lowest BCUT2D eigenvalue weighted by atomic mass is 10.3. The van der Waals surface area contributed by atoms with Gasteiger partial charge in [-0.3, -0.25) is 0 Å². The molecule has 0 atom stereocenters. The minimum absolute atomic E-state index is 0.357. The molecule has 0 amide bonds. The van der Waals surface area contributed by atoms with Crippen molar-refractivity contribution >= 4 is 11.7 Å². The maximum absolute atomic E-state index is 11.5. The molecular formula is C9H9F2NO3. The predicted molar refractivity (Wildman–Crippen MR) is 48.4 cm³/mol. The van der Waals surface area contributed by atoms with Crippen molar-refractivity contribution in [1.82, 2.24) is 0 Å². The molecule has 0 spiro atoms. The van der Waals surface area contributed by atoms with Gasteiger partial charge in [0.25, 0.3) is 0 Å². The minimum Gasteiger partial charge on any atom is -0.482 e. The number of halogens is 2. The van der Waals surface area contributed by atoms with E-state index in [0.29, 0.717) is 11.4 Å². The third kappa shape index (κ3) is 4.26. The average Bonchev–Trinajstić information content (AvgIpc) is 2.16. The Morgan fingerprint density at radius 1 is 1.33 bits per heavy atom. The van der Waals surface area contributed by atoms with Gasteiger partial charge in [-0.25, -0.2) is 4.79 Å². The van der Waals surface area contributed by atoms with E-state index in [0.717, 1.165) is 0 Å². The van der Waals surface area contributed by atoms with Gasteiger partial charge in [0, 0.05) is 5.69 Å². The maximum Gasteiger partial charge on any atom is 0.389 e. The van der Waals surface area contributed by atoms with Crippen molar-refractivity contribution in [2.75, 3.05) is 12.3 Å². The SMILES string of the molecule is Nc1ccc(OCC(=O)OC(F)F)cc1. The van der Waals surface area contributed by atoms with Crippen molar-refractivity contribution in [2.24, 2.45) is 0 Å². The van der Waals surface area contributed by atoms with Crippen molar-refractivity contribution in [1.29, 1.82) is 0 Å². The van der Waals surface area contributed by atoms with Gasteiger partial charge < -0.3 is 15.2 Å². The summed E-state index contributed by atoms with van der Waals surface area (Å²) in [5.74, 6) is -0.766. The molecule has 0 saturated heterocycles. The molecular weight excluding hydrogens is 208 g/mol. The summed E-state index contributed by atoms with van der Waals surface area (Å²) in [5, 5.41) is 0. The number of ether oxygens (including phenoxy) is 2. The van der Waals surface area contributed by atoms with E-state index in [9.17, 15) is 13.6 Å². The molecule has 82 valence electrons. The van der Waals surface area contributed by atoms with Crippen LogP contribution >= 0.6 is 0 Å². The van der Waals surface area contributed by atoms with Crippen LogP contribution in [0.4, 0.5) is 14.5 Å². The number of esters is 1. The van der Waals surface area contributed by atoms with Gasteiger partial charge in [0.05, 0.1) is 0 Å². The van der Waals surface area contributed by atoms with Gasteiger partial charge in [-0.2, -0.15) is 8.78 Å². The number of nitrogens with two attached hydrogens (primary N) is 1. The van der Waals surface area contributed by atoms with Crippen LogP contribution < -0.4 is 10.5 Å². The first-order chi connectivity index (χ1) is 7.08. The summed E-state index contributed by atoms with van der Waals surface area (Å²) in [6, 6.07) is 6.16. The Hall–Kier alpha value is -1.85. The molecule has 0 aromatic heterocycles. The molecule has 0 aliphatic carbocycles. The standard InChI is InChI=1S/C9H9F2NO3/c10-9(11)15-8(13)5-14-7-3-1-6(12)2-4-7/h1-4,9H,5,12H2. The van der Waals surface area contributed by atoms with Crippen LogP contribution in [0, 0.1) is 0 Å². The molecule has 6 heteroatoms. The third-order valence-corrected chi connectivity index (χ3v) is 1.46. The number of rotatable bonds is 4. The monoisotopic (exact) mass is 217 g/mol. The molecule has 0 aliphatic heterocycles. The molecule has 1 aromatic rings. The Labute approximate surface area is 84.6 Å². The van der Waals surface area contributed by atoms with Gasteiger partial charge in [0.2, 0.25) is 0 Å². The van der Waals surface area contributed by atoms with Crippen molar-refractivity contribution in [2.45, 2.75) is 6.61 Å². The molecule has 1 aromatic carbocycles. The van der Waals surface area contributed by atoms with E-state index in [-0.39, 0.29) is 0 Å². The van der Waals surface area contributed by atoms with Crippen LogP contribution in [0.3, 0.4) is 0 Å². The molecule has 0 heterocycles. The van der Waals surface area contributed by atoms with Crippen LogP contribution in [-0.4, -0.2) is 19.2 Å². The summed E-state index contributed by atoms with van der Waals surface area (Å²) < 4.78 is 31.5. The molecule has 0 saturated carbocycles. The normalized spacial score (nSPS) is 10.1. The third-order valence-electron chi connectivity index (χ3n) is 1.46. The van der Waals surface area contributed by atoms with Crippen molar-refractivity contribution in [3.8, 4) is 5.75 Å². The van der Waals surface area contributed by atoms with E-state index in [1.54, 1.807) is 12.1 Å². The largest absolute Gasteiger partial charge is 0.482 e. The number of anilines is 1. The van der Waals surface area contributed by atoms with Gasteiger partial charge in [-0.05, 0) is 24.3 Å². The van der Waals surface area contributed by atoms with Gasteiger partial charge in [-0.1, -0.05) is 0 Å². The Bertz CT molecular complexity index is 327. The van der Waals surface area contributed by atoms with Gasteiger partial charge in [0.15, 0.2) is 6.61 Å². The first-order valence-corrected chi connectivity index (χ1v) is 4.04.